The molecule has 3 fully saturated rings. The number of hydrogen-bond donors (Lipinski definition) is 2. The lowest BCUT2D eigenvalue weighted by Crippen LogP contribution is -2.78. The van der Waals surface area contributed by atoms with Crippen LogP contribution in [-0.4, -0.2) is 69.6 Å². The van der Waals surface area contributed by atoms with Crippen molar-refractivity contribution < 1.29 is 38.4 Å². The first-order valence-electron chi connectivity index (χ1n) is 8.02. The van der Waals surface area contributed by atoms with E-state index in [1.165, 1.54) is 21.0 Å². The third-order valence-electron chi connectivity index (χ3n) is 5.30. The first-order chi connectivity index (χ1) is 12.3. The van der Waals surface area contributed by atoms with E-state index < -0.39 is 63.3 Å². The van der Waals surface area contributed by atoms with Crippen LogP contribution in [0.5, 0.6) is 0 Å². The molecule has 0 aromatic heterocycles. The van der Waals surface area contributed by atoms with Gasteiger partial charge < -0.3 is 29.4 Å². The highest BCUT2D eigenvalue weighted by molar-refractivity contribution is 6.76. The van der Waals surface area contributed by atoms with Crippen molar-refractivity contribution in [1.29, 1.82) is 0 Å². The Labute approximate surface area is 169 Å². The quantitative estimate of drug-likeness (QED) is 0.466. The van der Waals surface area contributed by atoms with E-state index >= 15 is 0 Å². The fourth-order valence-corrected chi connectivity index (χ4v) is 4.31. The van der Waals surface area contributed by atoms with E-state index in [9.17, 15) is 19.5 Å². The summed E-state index contributed by atoms with van der Waals surface area (Å²) in [5.74, 6) is -3.31. The molecule has 0 radical (unpaired) electrons. The molecule has 2 heterocycles. The van der Waals surface area contributed by atoms with Gasteiger partial charge in [-0.25, -0.2) is 4.79 Å². The van der Waals surface area contributed by atoms with Crippen LogP contribution < -0.4 is 5.32 Å². The van der Waals surface area contributed by atoms with Crippen molar-refractivity contribution in [1.82, 2.24) is 5.32 Å². The molecule has 12 heteroatoms. The summed E-state index contributed by atoms with van der Waals surface area (Å²) in [6.07, 6.45) is -4.79. The Hall–Kier alpha value is -0.840. The maximum Gasteiger partial charge on any atom is 0.338 e. The maximum atomic E-state index is 12.5. The van der Waals surface area contributed by atoms with E-state index in [-0.39, 0.29) is 6.42 Å². The molecule has 1 amide bonds. The molecule has 0 spiro atoms. The Morgan fingerprint density at radius 3 is 2.52 bits per heavy atom. The predicted octanol–water partition coefficient (Wildman–Crippen LogP) is 0.211. The summed E-state index contributed by atoms with van der Waals surface area (Å²) in [6.45, 7) is 2.53. The lowest BCUT2D eigenvalue weighted by molar-refractivity contribution is -0.245. The number of ether oxygens (including phenoxy) is 4. The number of rotatable bonds is 3. The summed E-state index contributed by atoms with van der Waals surface area (Å²) in [5, 5.41) is 13.6. The van der Waals surface area contributed by atoms with Crippen LogP contribution in [0.1, 0.15) is 20.3 Å². The second kappa shape index (κ2) is 6.60. The van der Waals surface area contributed by atoms with Crippen LogP contribution in [0.4, 0.5) is 0 Å². The van der Waals surface area contributed by atoms with E-state index in [0.717, 1.165) is 0 Å². The highest BCUT2D eigenvalue weighted by Crippen LogP contribution is 2.55. The topological polar surface area (TPSA) is 120 Å². The number of carbonyl (C=O) groups is 3. The molecule has 3 aliphatic rings. The van der Waals surface area contributed by atoms with Gasteiger partial charge in [-0.2, -0.15) is 0 Å². The number of halogens is 3. The molecule has 152 valence electrons. The molecule has 1 aliphatic carbocycles. The standard InChI is InChI=1S/C15H18Cl3NO8/c1-5(20)25-6-4-14(19-12(22)15(16,17)18)7-8(13(6,2)23)26-10(21)9(14)27-11(7)24-3/h6-9,11,23H,4H2,1-3H3,(H,19,22)/t6-,7?,8+,9+,11?,13+,14-/m0/s1. The van der Waals surface area contributed by atoms with E-state index in [1.54, 1.807) is 0 Å². The number of nitrogens with one attached hydrogen (secondary N) is 1. The van der Waals surface area contributed by atoms with Crippen LogP contribution in [0.2, 0.25) is 0 Å². The molecule has 0 aromatic carbocycles. The Kier molecular flexibility index (Phi) is 5.11. The molecule has 9 nitrogen and oxygen atoms in total. The van der Waals surface area contributed by atoms with Gasteiger partial charge in [0.1, 0.15) is 17.8 Å². The summed E-state index contributed by atoms with van der Waals surface area (Å²) in [5.41, 5.74) is -3.24. The molecule has 4 bridgehead atoms. The van der Waals surface area contributed by atoms with Crippen molar-refractivity contribution in [3.8, 4) is 0 Å². The largest absolute Gasteiger partial charge is 0.459 e. The zero-order chi connectivity index (χ0) is 20.4. The first kappa shape index (κ1) is 20.9. The number of aliphatic hydroxyl groups is 1. The van der Waals surface area contributed by atoms with Gasteiger partial charge in [-0.15, -0.1) is 0 Å². The summed E-state index contributed by atoms with van der Waals surface area (Å²) in [6, 6.07) is 0. The van der Waals surface area contributed by atoms with Crippen LogP contribution in [0, 0.1) is 5.92 Å². The number of carbonyl (C=O) groups excluding carboxylic acids is 3. The molecule has 3 rings (SSSR count). The fourth-order valence-electron chi connectivity index (χ4n) is 4.16. The Bertz CT molecular complexity index is 680. The maximum absolute atomic E-state index is 12.5. The van der Waals surface area contributed by atoms with Gasteiger partial charge in [0, 0.05) is 20.5 Å². The van der Waals surface area contributed by atoms with Gasteiger partial charge in [-0.3, -0.25) is 9.59 Å². The van der Waals surface area contributed by atoms with E-state index in [4.69, 9.17) is 53.8 Å². The summed E-state index contributed by atoms with van der Waals surface area (Å²) >= 11 is 17.0. The third-order valence-corrected chi connectivity index (χ3v) is 5.82. The molecular weight excluding hydrogens is 429 g/mol. The van der Waals surface area contributed by atoms with Crippen molar-refractivity contribution in [3.63, 3.8) is 0 Å². The highest BCUT2D eigenvalue weighted by atomic mass is 35.6. The van der Waals surface area contributed by atoms with Crippen LogP contribution in [0.25, 0.3) is 0 Å². The fraction of sp³-hybridized carbons (Fsp3) is 0.800. The van der Waals surface area contributed by atoms with Crippen molar-refractivity contribution in [2.24, 2.45) is 5.92 Å². The predicted molar refractivity (Wildman–Crippen MR) is 91.0 cm³/mol. The summed E-state index contributed by atoms with van der Waals surface area (Å²) in [4.78, 5) is 36.4. The number of amides is 1. The number of methoxy groups -OCH3 is 1. The molecular formula is C15H18Cl3NO8. The SMILES string of the molecule is COC1O[C@@H]2C(=O)O[C@@H]3C1[C@@]2(NC(=O)C(Cl)(Cl)Cl)C[C@H](OC(C)=O)[C@@]3(C)O. The van der Waals surface area contributed by atoms with Crippen molar-refractivity contribution >= 4 is 52.6 Å². The Morgan fingerprint density at radius 1 is 1.37 bits per heavy atom. The zero-order valence-electron chi connectivity index (χ0n) is 14.5. The molecule has 7 atom stereocenters. The lowest BCUT2D eigenvalue weighted by atomic mass is 9.61. The van der Waals surface area contributed by atoms with Gasteiger partial charge in [-0.05, 0) is 6.92 Å². The molecule has 1 saturated carbocycles. The number of esters is 2. The lowest BCUT2D eigenvalue weighted by Gasteiger charge is -2.56. The Morgan fingerprint density at radius 2 is 2.00 bits per heavy atom. The zero-order valence-corrected chi connectivity index (χ0v) is 16.8. The third kappa shape index (κ3) is 3.18. The Balaban J connectivity index is 2.10. The van der Waals surface area contributed by atoms with Crippen LogP contribution >= 0.6 is 34.8 Å². The monoisotopic (exact) mass is 445 g/mol. The minimum absolute atomic E-state index is 0.174. The number of hydrogen-bond acceptors (Lipinski definition) is 8. The van der Waals surface area contributed by atoms with E-state index in [1.807, 2.05) is 0 Å². The van der Waals surface area contributed by atoms with E-state index in [0.29, 0.717) is 0 Å². The first-order valence-corrected chi connectivity index (χ1v) is 9.15. The van der Waals surface area contributed by atoms with Gasteiger partial charge in [0.05, 0.1) is 11.5 Å². The van der Waals surface area contributed by atoms with Crippen LogP contribution in [0.3, 0.4) is 0 Å². The molecule has 0 aromatic rings. The highest BCUT2D eigenvalue weighted by Gasteiger charge is 2.75. The van der Waals surface area contributed by atoms with Gasteiger partial charge in [0.15, 0.2) is 12.4 Å². The minimum Gasteiger partial charge on any atom is -0.459 e. The average Bonchev–Trinajstić information content (AvgIpc) is 2.73. The summed E-state index contributed by atoms with van der Waals surface area (Å²) in [7, 11) is 1.34. The van der Waals surface area contributed by atoms with Crippen LogP contribution in [-0.2, 0) is 33.3 Å². The van der Waals surface area contributed by atoms with E-state index in [2.05, 4.69) is 5.32 Å². The van der Waals surface area contributed by atoms with Crippen molar-refractivity contribution in [2.45, 2.75) is 59.8 Å². The second-order valence-corrected chi connectivity index (χ2v) is 9.30. The molecule has 2 aliphatic heterocycles. The van der Waals surface area contributed by atoms with Crippen LogP contribution in [0.15, 0.2) is 0 Å². The van der Waals surface area contributed by atoms with Gasteiger partial charge in [-0.1, -0.05) is 34.8 Å². The normalized spacial score (nSPS) is 43.1. The van der Waals surface area contributed by atoms with Gasteiger partial charge in [0.25, 0.3) is 9.70 Å². The average molecular weight is 447 g/mol. The van der Waals surface area contributed by atoms with Gasteiger partial charge >= 0.3 is 11.9 Å². The molecule has 2 saturated heterocycles. The van der Waals surface area contributed by atoms with Crippen molar-refractivity contribution in [2.75, 3.05) is 7.11 Å². The molecule has 27 heavy (non-hydrogen) atoms. The van der Waals surface area contributed by atoms with Crippen molar-refractivity contribution in [3.05, 3.63) is 0 Å². The smallest absolute Gasteiger partial charge is 0.338 e. The molecule has 2 unspecified atom stereocenters. The number of alkyl halides is 3. The van der Waals surface area contributed by atoms with Gasteiger partial charge in [0.2, 0.25) is 0 Å². The second-order valence-electron chi connectivity index (χ2n) is 7.02. The summed E-state index contributed by atoms with van der Waals surface area (Å²) < 4.78 is 19.2. The minimum atomic E-state index is -2.31. The molecule has 2 N–H and O–H groups in total.